The predicted octanol–water partition coefficient (Wildman–Crippen LogP) is 5.24. The molecule has 5 nitrogen and oxygen atoms in total. The minimum absolute atomic E-state index is 0.129. The van der Waals surface area contributed by atoms with Gasteiger partial charge in [-0.05, 0) is 54.1 Å². The highest BCUT2D eigenvalue weighted by Crippen LogP contribution is 2.37. The molecule has 8 heteroatoms. The molecule has 4 rings (SSSR count). The van der Waals surface area contributed by atoms with E-state index >= 15 is 0 Å². The van der Waals surface area contributed by atoms with Crippen LogP contribution in [0.2, 0.25) is 5.02 Å². The Morgan fingerprint density at radius 1 is 1.07 bits per heavy atom. The summed E-state index contributed by atoms with van der Waals surface area (Å²) in [6, 6.07) is 16.6. The Bertz CT molecular complexity index is 1080. The summed E-state index contributed by atoms with van der Waals surface area (Å²) in [5, 5.41) is 4.92. The first-order chi connectivity index (χ1) is 12.9. The number of hydrogen-bond donors (Lipinski definition) is 0. The predicted molar refractivity (Wildman–Crippen MR) is 107 cm³/mol. The van der Waals surface area contributed by atoms with Crippen LogP contribution in [-0.4, -0.2) is 18.5 Å². The number of hydrogen-bond acceptors (Lipinski definition) is 4. The zero-order valence-corrected chi connectivity index (χ0v) is 17.1. The van der Waals surface area contributed by atoms with Crippen LogP contribution in [0.1, 0.15) is 23.8 Å². The van der Waals surface area contributed by atoms with Crippen LogP contribution < -0.4 is 0 Å². The highest BCUT2D eigenvalue weighted by atomic mass is 79.9. The fourth-order valence-corrected chi connectivity index (χ4v) is 4.74. The topological polar surface area (TPSA) is 62.9 Å². The lowest BCUT2D eigenvalue weighted by atomic mass is 10.0. The summed E-state index contributed by atoms with van der Waals surface area (Å²) in [7, 11) is -3.86. The molecule has 0 bridgehead atoms. The van der Waals surface area contributed by atoms with Gasteiger partial charge in [-0.2, -0.15) is 17.9 Å². The summed E-state index contributed by atoms with van der Waals surface area (Å²) in [4.78, 5) is 0.129. The SMILES string of the molecule is O=S(=O)(c1ccc(Cl)cc1)N1N=C(c2ccc(Br)cc2)CC1c1ccco1. The number of hydrazone groups is 1. The Balaban J connectivity index is 1.78. The van der Waals surface area contributed by atoms with E-state index in [4.69, 9.17) is 16.0 Å². The van der Waals surface area contributed by atoms with Crippen LogP contribution in [0.4, 0.5) is 0 Å². The zero-order valence-electron chi connectivity index (χ0n) is 13.9. The summed E-state index contributed by atoms with van der Waals surface area (Å²) in [5.41, 5.74) is 1.55. The van der Waals surface area contributed by atoms with Crippen molar-refractivity contribution in [3.05, 3.63) is 87.7 Å². The lowest BCUT2D eigenvalue weighted by Crippen LogP contribution is -2.27. The highest BCUT2D eigenvalue weighted by molar-refractivity contribution is 9.10. The van der Waals surface area contributed by atoms with Crippen molar-refractivity contribution in [1.29, 1.82) is 0 Å². The van der Waals surface area contributed by atoms with Gasteiger partial charge in [-0.25, -0.2) is 0 Å². The van der Waals surface area contributed by atoms with Gasteiger partial charge in [-0.15, -0.1) is 0 Å². The smallest absolute Gasteiger partial charge is 0.279 e. The first-order valence-electron chi connectivity index (χ1n) is 8.12. The molecule has 0 saturated carbocycles. The third kappa shape index (κ3) is 3.54. The Morgan fingerprint density at radius 2 is 1.78 bits per heavy atom. The molecule has 1 aromatic heterocycles. The molecule has 0 saturated heterocycles. The van der Waals surface area contributed by atoms with Gasteiger partial charge in [0.05, 0.1) is 16.9 Å². The van der Waals surface area contributed by atoms with Crippen molar-refractivity contribution in [2.45, 2.75) is 17.4 Å². The molecule has 0 amide bonds. The molecule has 0 N–H and O–H groups in total. The molecule has 1 unspecified atom stereocenters. The van der Waals surface area contributed by atoms with Crippen LogP contribution in [0.3, 0.4) is 0 Å². The number of rotatable bonds is 4. The van der Waals surface area contributed by atoms with Gasteiger partial charge in [0.1, 0.15) is 11.8 Å². The quantitative estimate of drug-likeness (QED) is 0.529. The first-order valence-corrected chi connectivity index (χ1v) is 10.7. The fraction of sp³-hybridized carbons (Fsp3) is 0.105. The summed E-state index contributed by atoms with van der Waals surface area (Å²) >= 11 is 9.30. The maximum absolute atomic E-state index is 13.2. The number of sulfonamides is 1. The Hall–Kier alpha value is -2.09. The number of furan rings is 1. The molecule has 0 fully saturated rings. The van der Waals surface area contributed by atoms with E-state index in [2.05, 4.69) is 21.0 Å². The van der Waals surface area contributed by atoms with E-state index in [1.807, 2.05) is 24.3 Å². The molecule has 27 heavy (non-hydrogen) atoms. The Labute approximate surface area is 170 Å². The Kier molecular flexibility index (Phi) is 4.84. The zero-order chi connectivity index (χ0) is 19.0. The molecular weight excluding hydrogens is 452 g/mol. The van der Waals surface area contributed by atoms with Gasteiger partial charge in [0.25, 0.3) is 10.0 Å². The molecule has 0 radical (unpaired) electrons. The lowest BCUT2D eigenvalue weighted by Gasteiger charge is -2.21. The first kappa shape index (κ1) is 18.3. The monoisotopic (exact) mass is 464 g/mol. The second-order valence-corrected chi connectivity index (χ2v) is 9.17. The van der Waals surface area contributed by atoms with E-state index in [1.54, 1.807) is 24.3 Å². The molecule has 138 valence electrons. The largest absolute Gasteiger partial charge is 0.467 e. The maximum atomic E-state index is 13.2. The third-order valence-electron chi connectivity index (χ3n) is 4.28. The third-order valence-corrected chi connectivity index (χ3v) is 6.76. The molecule has 2 aromatic carbocycles. The molecular formula is C19H14BrClN2O3S. The second-order valence-electron chi connectivity index (χ2n) is 6.02. The summed E-state index contributed by atoms with van der Waals surface area (Å²) < 4.78 is 34.0. The van der Waals surface area contributed by atoms with Crippen LogP contribution in [-0.2, 0) is 10.0 Å². The van der Waals surface area contributed by atoms with Crippen molar-refractivity contribution >= 4 is 43.3 Å². The van der Waals surface area contributed by atoms with Gasteiger partial charge >= 0.3 is 0 Å². The van der Waals surface area contributed by atoms with Crippen LogP contribution in [0.5, 0.6) is 0 Å². The van der Waals surface area contributed by atoms with Gasteiger partial charge in [-0.3, -0.25) is 0 Å². The van der Waals surface area contributed by atoms with Gasteiger partial charge in [-0.1, -0.05) is 39.7 Å². The van der Waals surface area contributed by atoms with Crippen LogP contribution in [0.25, 0.3) is 0 Å². The van der Waals surface area contributed by atoms with Gasteiger partial charge < -0.3 is 4.42 Å². The lowest BCUT2D eigenvalue weighted by molar-refractivity contribution is 0.320. The van der Waals surface area contributed by atoms with Gasteiger partial charge in [0, 0.05) is 15.9 Å². The van der Waals surface area contributed by atoms with Gasteiger partial charge in [0.15, 0.2) is 0 Å². The molecule has 1 atom stereocenters. The summed E-state index contributed by atoms with van der Waals surface area (Å²) in [6.45, 7) is 0. The van der Waals surface area contributed by atoms with Crippen molar-refractivity contribution in [1.82, 2.24) is 4.41 Å². The van der Waals surface area contributed by atoms with Crippen LogP contribution in [0, 0.1) is 0 Å². The van der Waals surface area contributed by atoms with E-state index in [0.29, 0.717) is 22.9 Å². The number of halogens is 2. The van der Waals surface area contributed by atoms with Crippen molar-refractivity contribution in [2.75, 3.05) is 0 Å². The van der Waals surface area contributed by atoms with Crippen molar-refractivity contribution in [2.24, 2.45) is 5.10 Å². The van der Waals surface area contributed by atoms with E-state index < -0.39 is 16.1 Å². The molecule has 3 aromatic rings. The maximum Gasteiger partial charge on any atom is 0.279 e. The number of nitrogens with zero attached hydrogens (tertiary/aromatic N) is 2. The van der Waals surface area contributed by atoms with Crippen molar-refractivity contribution in [3.8, 4) is 0 Å². The molecule has 2 heterocycles. The van der Waals surface area contributed by atoms with E-state index in [1.165, 1.54) is 18.4 Å². The van der Waals surface area contributed by atoms with E-state index in [-0.39, 0.29) is 4.90 Å². The van der Waals surface area contributed by atoms with Gasteiger partial charge in [0.2, 0.25) is 0 Å². The molecule has 1 aliphatic rings. The fourth-order valence-electron chi connectivity index (χ4n) is 2.93. The second kappa shape index (κ2) is 7.14. The van der Waals surface area contributed by atoms with E-state index in [0.717, 1.165) is 14.5 Å². The van der Waals surface area contributed by atoms with Crippen LogP contribution >= 0.6 is 27.5 Å². The molecule has 1 aliphatic heterocycles. The summed E-state index contributed by atoms with van der Waals surface area (Å²) in [5.74, 6) is 0.545. The Morgan fingerprint density at radius 3 is 2.41 bits per heavy atom. The minimum Gasteiger partial charge on any atom is -0.467 e. The molecule has 0 spiro atoms. The van der Waals surface area contributed by atoms with Crippen LogP contribution in [0.15, 0.2) is 85.8 Å². The van der Waals surface area contributed by atoms with Crippen molar-refractivity contribution < 1.29 is 12.8 Å². The normalized spacial score (nSPS) is 17.2. The van der Waals surface area contributed by atoms with E-state index in [9.17, 15) is 8.42 Å². The molecule has 0 aliphatic carbocycles. The average molecular weight is 466 g/mol. The average Bonchev–Trinajstić information content (AvgIpc) is 3.32. The minimum atomic E-state index is -3.86. The number of benzene rings is 2. The standard InChI is InChI=1S/C19H14BrClN2O3S/c20-14-5-3-13(4-6-14)17-12-18(19-2-1-11-26-19)23(22-17)27(24,25)16-9-7-15(21)8-10-16/h1-11,18H,12H2. The summed E-state index contributed by atoms with van der Waals surface area (Å²) in [6.07, 6.45) is 1.95. The highest BCUT2D eigenvalue weighted by Gasteiger charge is 2.39. The van der Waals surface area contributed by atoms with Crippen molar-refractivity contribution in [3.63, 3.8) is 0 Å².